The van der Waals surface area contributed by atoms with Crippen LogP contribution in [-0.4, -0.2) is 60.1 Å². The molecule has 4 rings (SSSR count). The molecule has 0 bridgehead atoms. The molecule has 2 aromatic rings. The van der Waals surface area contributed by atoms with Crippen LogP contribution in [0.15, 0.2) is 30.5 Å². The summed E-state index contributed by atoms with van der Waals surface area (Å²) in [6, 6.07) is 11.1. The Hall–Kier alpha value is -2.44. The number of halogens is 1. The minimum atomic E-state index is -0.422. The fourth-order valence-corrected chi connectivity index (χ4v) is 4.98. The second-order valence-corrected chi connectivity index (χ2v) is 9.95. The maximum absolute atomic E-state index is 9.71. The van der Waals surface area contributed by atoms with E-state index in [0.717, 1.165) is 74.4 Å². The number of pyridine rings is 2. The smallest absolute Gasteiger partial charge is 0.126 e. The number of ether oxygens (including phenoxy) is 1. The molecular formula is C26H35ClN6O2. The molecule has 0 amide bonds. The van der Waals surface area contributed by atoms with E-state index in [2.05, 4.69) is 27.0 Å². The van der Waals surface area contributed by atoms with Gasteiger partial charge in [-0.25, -0.2) is 9.97 Å². The Kier molecular flexibility index (Phi) is 9.16. The lowest BCUT2D eigenvalue weighted by molar-refractivity contribution is 0.0455. The third-order valence-corrected chi connectivity index (χ3v) is 7.32. The number of nitriles is 1. The fourth-order valence-electron chi connectivity index (χ4n) is 4.78. The Morgan fingerprint density at radius 3 is 2.66 bits per heavy atom. The molecule has 0 radical (unpaired) electrons. The van der Waals surface area contributed by atoms with Crippen molar-refractivity contribution in [1.82, 2.24) is 15.3 Å². The molecule has 2 aromatic heterocycles. The number of nitrogens with one attached hydrogen (secondary N) is 3. The Balaban J connectivity index is 1.38. The van der Waals surface area contributed by atoms with E-state index >= 15 is 0 Å². The van der Waals surface area contributed by atoms with Gasteiger partial charge in [-0.2, -0.15) is 5.26 Å². The van der Waals surface area contributed by atoms with Crippen LogP contribution in [0, 0.1) is 16.7 Å². The molecule has 1 saturated heterocycles. The number of hydrogen-bond acceptors (Lipinski definition) is 8. The van der Waals surface area contributed by atoms with Crippen molar-refractivity contribution in [2.75, 3.05) is 43.5 Å². The zero-order valence-corrected chi connectivity index (χ0v) is 20.9. The number of aliphatic hydroxyl groups excluding tert-OH is 1. The van der Waals surface area contributed by atoms with E-state index in [1.807, 2.05) is 24.3 Å². The van der Waals surface area contributed by atoms with Gasteiger partial charge in [0.05, 0.1) is 22.2 Å². The van der Waals surface area contributed by atoms with Gasteiger partial charge in [-0.1, -0.05) is 17.7 Å². The van der Waals surface area contributed by atoms with Gasteiger partial charge in [-0.05, 0) is 69.7 Å². The van der Waals surface area contributed by atoms with Gasteiger partial charge in [0.1, 0.15) is 11.6 Å². The average molecular weight is 499 g/mol. The zero-order chi connectivity index (χ0) is 24.5. The van der Waals surface area contributed by atoms with Crippen LogP contribution in [0.2, 0.25) is 5.02 Å². The lowest BCUT2D eigenvalue weighted by Crippen LogP contribution is -2.37. The van der Waals surface area contributed by atoms with Gasteiger partial charge in [0.2, 0.25) is 0 Å². The Bertz CT molecular complexity index is 1000. The molecule has 4 N–H and O–H groups in total. The lowest BCUT2D eigenvalue weighted by Gasteiger charge is -2.30. The van der Waals surface area contributed by atoms with Crippen LogP contribution < -0.4 is 16.0 Å². The molecule has 8 nitrogen and oxygen atoms in total. The Morgan fingerprint density at radius 1 is 1.14 bits per heavy atom. The molecular weight excluding hydrogens is 464 g/mol. The first-order valence-corrected chi connectivity index (χ1v) is 13.0. The predicted octanol–water partition coefficient (Wildman–Crippen LogP) is 4.22. The van der Waals surface area contributed by atoms with E-state index in [1.165, 1.54) is 0 Å². The zero-order valence-electron chi connectivity index (χ0n) is 20.1. The molecule has 1 aliphatic heterocycles. The number of rotatable bonds is 10. The molecule has 3 heterocycles. The summed E-state index contributed by atoms with van der Waals surface area (Å²) in [5, 5.41) is 29.7. The molecule has 1 saturated carbocycles. The van der Waals surface area contributed by atoms with E-state index in [9.17, 15) is 5.26 Å². The predicted molar refractivity (Wildman–Crippen MR) is 138 cm³/mol. The van der Waals surface area contributed by atoms with Crippen LogP contribution >= 0.6 is 11.6 Å². The van der Waals surface area contributed by atoms with Crippen LogP contribution in [0.3, 0.4) is 0 Å². The SMILES string of the molecule is N#CC1(CNc2cccc(-c3cc(NC4CCC(NCCCO)CC4)ncc3Cl)n2)CCOCC1. The van der Waals surface area contributed by atoms with Crippen molar-refractivity contribution in [3.05, 3.63) is 35.5 Å². The highest BCUT2D eigenvalue weighted by Crippen LogP contribution is 2.32. The van der Waals surface area contributed by atoms with Crippen molar-refractivity contribution in [2.24, 2.45) is 5.41 Å². The van der Waals surface area contributed by atoms with Gasteiger partial charge < -0.3 is 25.8 Å². The third-order valence-electron chi connectivity index (χ3n) is 7.02. The summed E-state index contributed by atoms with van der Waals surface area (Å²) in [6.45, 7) is 2.88. The van der Waals surface area contributed by atoms with E-state index in [4.69, 9.17) is 26.4 Å². The van der Waals surface area contributed by atoms with E-state index in [-0.39, 0.29) is 6.61 Å². The molecule has 1 aliphatic carbocycles. The van der Waals surface area contributed by atoms with Crippen molar-refractivity contribution in [1.29, 1.82) is 5.26 Å². The average Bonchev–Trinajstić information content (AvgIpc) is 2.90. The maximum atomic E-state index is 9.71. The highest BCUT2D eigenvalue weighted by Gasteiger charge is 2.32. The highest BCUT2D eigenvalue weighted by atomic mass is 35.5. The summed E-state index contributed by atoms with van der Waals surface area (Å²) in [4.78, 5) is 9.27. The standard InChI is InChI=1S/C26H35ClN6O2/c27-22-16-30-25(32-20-7-5-19(6-8-20)29-11-2-12-34)15-21(22)23-3-1-4-24(33-23)31-18-26(17-28)9-13-35-14-10-26/h1,3-4,15-16,19-20,29,34H,2,5-14,18H2,(H,30,32)(H,31,33). The van der Waals surface area contributed by atoms with Gasteiger partial charge in [-0.3, -0.25) is 0 Å². The molecule has 9 heteroatoms. The minimum Gasteiger partial charge on any atom is -0.396 e. The van der Waals surface area contributed by atoms with Crippen molar-refractivity contribution in [3.8, 4) is 17.3 Å². The summed E-state index contributed by atoms with van der Waals surface area (Å²) in [5.74, 6) is 1.52. The van der Waals surface area contributed by atoms with E-state index in [1.54, 1.807) is 6.20 Å². The maximum Gasteiger partial charge on any atom is 0.126 e. The largest absolute Gasteiger partial charge is 0.396 e. The summed E-state index contributed by atoms with van der Waals surface area (Å²) in [7, 11) is 0. The lowest BCUT2D eigenvalue weighted by atomic mass is 9.82. The highest BCUT2D eigenvalue weighted by molar-refractivity contribution is 6.33. The molecule has 35 heavy (non-hydrogen) atoms. The van der Waals surface area contributed by atoms with Crippen LogP contribution in [-0.2, 0) is 4.74 Å². The van der Waals surface area contributed by atoms with Crippen molar-refractivity contribution < 1.29 is 9.84 Å². The van der Waals surface area contributed by atoms with Gasteiger partial charge in [0.15, 0.2) is 0 Å². The monoisotopic (exact) mass is 498 g/mol. The number of anilines is 2. The molecule has 2 fully saturated rings. The fraction of sp³-hybridized carbons (Fsp3) is 0.577. The van der Waals surface area contributed by atoms with Crippen LogP contribution in [0.5, 0.6) is 0 Å². The molecule has 0 atom stereocenters. The number of hydrogen-bond donors (Lipinski definition) is 4. The van der Waals surface area contributed by atoms with Gasteiger partial charge in [0.25, 0.3) is 0 Å². The van der Waals surface area contributed by atoms with Gasteiger partial charge in [-0.15, -0.1) is 0 Å². The molecule has 0 spiro atoms. The van der Waals surface area contributed by atoms with Crippen LogP contribution in [0.4, 0.5) is 11.6 Å². The second-order valence-electron chi connectivity index (χ2n) is 9.54. The Morgan fingerprint density at radius 2 is 1.91 bits per heavy atom. The van der Waals surface area contributed by atoms with Crippen molar-refractivity contribution >= 4 is 23.2 Å². The summed E-state index contributed by atoms with van der Waals surface area (Å²) >= 11 is 6.52. The van der Waals surface area contributed by atoms with E-state index < -0.39 is 5.41 Å². The first-order valence-electron chi connectivity index (χ1n) is 12.6. The molecule has 0 aromatic carbocycles. The summed E-state index contributed by atoms with van der Waals surface area (Å²) < 4.78 is 5.43. The van der Waals surface area contributed by atoms with E-state index in [0.29, 0.717) is 36.9 Å². The molecule has 0 unspecified atom stereocenters. The quantitative estimate of drug-likeness (QED) is 0.360. The van der Waals surface area contributed by atoms with Crippen molar-refractivity contribution in [2.45, 2.75) is 57.0 Å². The van der Waals surface area contributed by atoms with Gasteiger partial charge in [0, 0.05) is 50.2 Å². The van der Waals surface area contributed by atoms with Gasteiger partial charge >= 0.3 is 0 Å². The number of nitrogens with zero attached hydrogens (tertiary/aromatic N) is 3. The number of aliphatic hydroxyl groups is 1. The first kappa shape index (κ1) is 25.6. The van der Waals surface area contributed by atoms with Crippen LogP contribution in [0.1, 0.15) is 44.9 Å². The first-order chi connectivity index (χ1) is 17.1. The summed E-state index contributed by atoms with van der Waals surface area (Å²) in [6.07, 6.45) is 8.28. The number of aromatic nitrogens is 2. The second kappa shape index (κ2) is 12.5. The third kappa shape index (κ3) is 7.05. The topological polar surface area (TPSA) is 115 Å². The Labute approximate surface area is 212 Å². The minimum absolute atomic E-state index is 0.234. The summed E-state index contributed by atoms with van der Waals surface area (Å²) in [5.41, 5.74) is 1.17. The van der Waals surface area contributed by atoms with Crippen molar-refractivity contribution in [3.63, 3.8) is 0 Å². The molecule has 2 aliphatic rings. The molecule has 188 valence electrons. The normalized spacial score (nSPS) is 21.7. The van der Waals surface area contributed by atoms with Crippen LogP contribution in [0.25, 0.3) is 11.3 Å².